The van der Waals surface area contributed by atoms with E-state index in [0.717, 1.165) is 0 Å². The van der Waals surface area contributed by atoms with Crippen LogP contribution in [0.15, 0.2) is 202 Å². The molecule has 54 heavy (non-hydrogen) atoms. The summed E-state index contributed by atoms with van der Waals surface area (Å²) in [6.07, 6.45) is 0. The maximum atomic E-state index is 2.55. The van der Waals surface area contributed by atoms with Gasteiger partial charge in [-0.15, -0.1) is 11.3 Å². The number of benzene rings is 8. The molecule has 0 saturated heterocycles. The van der Waals surface area contributed by atoms with Crippen molar-refractivity contribution in [2.45, 2.75) is 19.6 Å². The Bertz CT molecular complexity index is 2950. The summed E-state index contributed by atoms with van der Waals surface area (Å²) in [7, 11) is -2.80. The second kappa shape index (κ2) is 11.9. The molecule has 0 unspecified atom stereocenters. The van der Waals surface area contributed by atoms with Gasteiger partial charge in [-0.25, -0.2) is 0 Å². The third-order valence-electron chi connectivity index (χ3n) is 11.7. The van der Waals surface area contributed by atoms with Crippen molar-refractivity contribution in [1.82, 2.24) is 0 Å². The van der Waals surface area contributed by atoms with E-state index < -0.39 is 8.07 Å². The fourth-order valence-electron chi connectivity index (χ4n) is 9.46. The highest BCUT2D eigenvalue weighted by Gasteiger charge is 2.49. The molecule has 1 aromatic heterocycles. The molecule has 0 aliphatic carbocycles. The lowest BCUT2D eigenvalue weighted by Crippen LogP contribution is -2.77. The average Bonchev–Trinajstić information content (AvgIpc) is 3.61. The van der Waals surface area contributed by atoms with Crippen LogP contribution in [0.1, 0.15) is 0 Å². The monoisotopic (exact) mass is 755 g/mol. The number of nitrogens with zero attached hydrogens (tertiary/aromatic N) is 1. The van der Waals surface area contributed by atoms with Gasteiger partial charge >= 0.3 is 0 Å². The SMILES string of the molecule is c1ccc([Si]2(c3ccc4sc5ccccc5c4c3)c3ccccc3N(c3ccc4c(c3)Sc3cccc5c3B4c3ccccc3S5)c3ccccc32)cc1. The normalized spacial score (nSPS) is 14.6. The predicted molar refractivity (Wildman–Crippen MR) is 237 cm³/mol. The van der Waals surface area contributed by atoms with Crippen molar-refractivity contribution in [1.29, 1.82) is 0 Å². The smallest absolute Gasteiger partial charge is 0.247 e. The Kier molecular flexibility index (Phi) is 6.85. The van der Waals surface area contributed by atoms with Crippen LogP contribution in [0.2, 0.25) is 0 Å². The zero-order chi connectivity index (χ0) is 35.4. The first-order chi connectivity index (χ1) is 26.8. The van der Waals surface area contributed by atoms with Crippen molar-refractivity contribution in [2.24, 2.45) is 0 Å². The van der Waals surface area contributed by atoms with Gasteiger partial charge in [0.1, 0.15) is 0 Å². The Morgan fingerprint density at radius 2 is 1.06 bits per heavy atom. The van der Waals surface area contributed by atoms with E-state index in [1.54, 1.807) is 0 Å². The summed E-state index contributed by atoms with van der Waals surface area (Å²) >= 11 is 5.74. The first-order valence-electron chi connectivity index (χ1n) is 18.5. The van der Waals surface area contributed by atoms with Gasteiger partial charge in [0.25, 0.3) is 0 Å². The zero-order valence-corrected chi connectivity index (χ0v) is 32.5. The fraction of sp³-hybridized carbons (Fsp3) is 0. The third kappa shape index (κ3) is 4.31. The maximum absolute atomic E-state index is 2.80. The second-order valence-corrected chi connectivity index (χ2v) is 21.3. The summed E-state index contributed by atoms with van der Waals surface area (Å²) in [6, 6.07) is 69.3. The highest BCUT2D eigenvalue weighted by atomic mass is 32.2. The van der Waals surface area contributed by atoms with Crippen LogP contribution < -0.4 is 42.0 Å². The van der Waals surface area contributed by atoms with Gasteiger partial charge in [0.2, 0.25) is 6.71 Å². The van der Waals surface area contributed by atoms with Gasteiger partial charge in [-0.05, 0) is 80.8 Å². The van der Waals surface area contributed by atoms with Crippen molar-refractivity contribution >= 4 is 124 Å². The molecular weight excluding hydrogens is 726 g/mol. The lowest BCUT2D eigenvalue weighted by atomic mass is 9.36. The van der Waals surface area contributed by atoms with Crippen molar-refractivity contribution in [3.8, 4) is 0 Å². The van der Waals surface area contributed by atoms with E-state index in [-0.39, 0.29) is 6.71 Å². The largest absolute Gasteiger partial charge is 0.311 e. The van der Waals surface area contributed by atoms with Gasteiger partial charge in [-0.1, -0.05) is 162 Å². The minimum atomic E-state index is -2.80. The highest BCUT2D eigenvalue weighted by Crippen LogP contribution is 2.43. The molecule has 0 spiro atoms. The molecule has 0 saturated carbocycles. The molecule has 0 atom stereocenters. The summed E-state index contributed by atoms with van der Waals surface area (Å²) < 4.78 is 2.69. The van der Waals surface area contributed by atoms with E-state index in [9.17, 15) is 0 Å². The Morgan fingerprint density at radius 3 is 1.87 bits per heavy atom. The summed E-state index contributed by atoms with van der Waals surface area (Å²) in [5, 5.41) is 8.37. The molecule has 0 N–H and O–H groups in total. The summed E-state index contributed by atoms with van der Waals surface area (Å²) in [5.41, 5.74) is 8.02. The molecule has 0 radical (unpaired) electrons. The number of para-hydroxylation sites is 2. The fourth-order valence-corrected chi connectivity index (χ4v) is 18.1. The summed E-state index contributed by atoms with van der Waals surface area (Å²) in [6.45, 7) is 0.237. The molecular formula is C48H30BNS3Si. The molecule has 12 rings (SSSR count). The van der Waals surface area contributed by atoms with E-state index in [1.807, 2.05) is 34.9 Å². The lowest BCUT2D eigenvalue weighted by Gasteiger charge is -2.45. The van der Waals surface area contributed by atoms with Crippen LogP contribution >= 0.6 is 34.9 Å². The lowest BCUT2D eigenvalue weighted by molar-refractivity contribution is 1.27. The van der Waals surface area contributed by atoms with Gasteiger partial charge in [-0.2, -0.15) is 0 Å². The molecule has 8 aromatic carbocycles. The molecule has 1 nitrogen and oxygen atoms in total. The van der Waals surface area contributed by atoms with E-state index in [4.69, 9.17) is 0 Å². The number of thiophene rings is 1. The molecule has 6 heteroatoms. The molecule has 0 fully saturated rings. The molecule has 3 aliphatic rings. The number of hydrogen-bond acceptors (Lipinski definition) is 4. The summed E-state index contributed by atoms with van der Waals surface area (Å²) in [4.78, 5) is 8.01. The number of rotatable bonds is 3. The number of fused-ring (bicyclic) bond motifs is 9. The average molecular weight is 756 g/mol. The summed E-state index contributed by atoms with van der Waals surface area (Å²) in [5.74, 6) is 0. The molecule has 0 amide bonds. The first kappa shape index (κ1) is 31.1. The van der Waals surface area contributed by atoms with E-state index in [2.05, 4.69) is 187 Å². The predicted octanol–water partition coefficient (Wildman–Crippen LogP) is 8.66. The third-order valence-corrected chi connectivity index (χ3v) is 20.0. The zero-order valence-electron chi connectivity index (χ0n) is 29.1. The van der Waals surface area contributed by atoms with Crippen LogP contribution in [-0.4, -0.2) is 14.8 Å². The van der Waals surface area contributed by atoms with Gasteiger partial charge in [0, 0.05) is 56.8 Å². The number of anilines is 3. The van der Waals surface area contributed by atoms with Crippen molar-refractivity contribution in [2.75, 3.05) is 4.90 Å². The van der Waals surface area contributed by atoms with Gasteiger partial charge in [-0.3, -0.25) is 0 Å². The van der Waals surface area contributed by atoms with Crippen LogP contribution in [0.5, 0.6) is 0 Å². The van der Waals surface area contributed by atoms with Gasteiger partial charge < -0.3 is 4.90 Å². The highest BCUT2D eigenvalue weighted by molar-refractivity contribution is 8.01. The molecule has 4 heterocycles. The Morgan fingerprint density at radius 1 is 0.426 bits per heavy atom. The Hall–Kier alpha value is -5.24. The maximum Gasteiger partial charge on any atom is 0.247 e. The van der Waals surface area contributed by atoms with E-state index >= 15 is 0 Å². The van der Waals surface area contributed by atoms with Crippen LogP contribution in [0.3, 0.4) is 0 Å². The number of hydrogen-bond donors (Lipinski definition) is 0. The quantitative estimate of drug-likeness (QED) is 0.166. The standard InChI is InChI=1S/C48H30BNS3Si/c1-2-13-32(14-3-1)54(33-26-28-41-35(30-33)34-15-4-8-19-40(34)51-41)46-23-10-6-17-38(46)50(39-18-7-11-24-47(39)54)31-25-27-37-45(29-31)53-44-22-12-21-43-48(44)49(37)36-16-5-9-20-42(36)52-43/h1-30H. The molecule has 3 aliphatic heterocycles. The first-order valence-corrected chi connectivity index (χ1v) is 22.9. The van der Waals surface area contributed by atoms with Crippen LogP contribution in [-0.2, 0) is 0 Å². The van der Waals surface area contributed by atoms with Crippen molar-refractivity contribution < 1.29 is 0 Å². The van der Waals surface area contributed by atoms with Crippen LogP contribution in [0.25, 0.3) is 20.2 Å². The minimum Gasteiger partial charge on any atom is -0.311 e. The van der Waals surface area contributed by atoms with E-state index in [0.29, 0.717) is 0 Å². The van der Waals surface area contributed by atoms with Crippen LogP contribution in [0.4, 0.5) is 17.1 Å². The molecule has 252 valence electrons. The minimum absolute atomic E-state index is 0.237. The van der Waals surface area contributed by atoms with Crippen molar-refractivity contribution in [3.63, 3.8) is 0 Å². The topological polar surface area (TPSA) is 3.24 Å². The molecule has 0 bridgehead atoms. The molecule has 9 aromatic rings. The van der Waals surface area contributed by atoms with E-state index in [1.165, 1.54) is 94.0 Å². The Labute approximate surface area is 328 Å². The van der Waals surface area contributed by atoms with Crippen LogP contribution in [0, 0.1) is 0 Å². The Balaban J connectivity index is 1.10. The van der Waals surface area contributed by atoms with Gasteiger partial charge in [0.05, 0.1) is 0 Å². The second-order valence-electron chi connectivity index (χ2n) is 14.4. The van der Waals surface area contributed by atoms with Gasteiger partial charge in [0.15, 0.2) is 8.07 Å². The van der Waals surface area contributed by atoms with Crippen molar-refractivity contribution in [3.05, 3.63) is 182 Å².